The maximum atomic E-state index is 13.4. The Bertz CT molecular complexity index is 1130. The van der Waals surface area contributed by atoms with Crippen LogP contribution in [0.3, 0.4) is 0 Å². The van der Waals surface area contributed by atoms with E-state index in [2.05, 4.69) is 0 Å². The van der Waals surface area contributed by atoms with Crippen LogP contribution in [-0.4, -0.2) is 37.7 Å². The molecule has 2 heterocycles. The van der Waals surface area contributed by atoms with E-state index in [4.69, 9.17) is 13.9 Å². The summed E-state index contributed by atoms with van der Waals surface area (Å²) in [5.74, 6) is 0.497. The fourth-order valence-corrected chi connectivity index (χ4v) is 3.84. The number of carbonyl (C=O) groups is 1. The molecule has 0 saturated heterocycles. The molecule has 2 aromatic carbocycles. The van der Waals surface area contributed by atoms with Gasteiger partial charge in [0.1, 0.15) is 11.3 Å². The zero-order valence-electron chi connectivity index (χ0n) is 16.7. The average Bonchev–Trinajstić information content (AvgIpc) is 3.00. The molecule has 1 aromatic heterocycles. The van der Waals surface area contributed by atoms with Crippen LogP contribution in [-0.2, 0) is 4.74 Å². The fourth-order valence-electron chi connectivity index (χ4n) is 3.84. The summed E-state index contributed by atoms with van der Waals surface area (Å²) in [6, 6.07) is 12.4. The first kappa shape index (κ1) is 19.2. The Labute approximate surface area is 168 Å². The van der Waals surface area contributed by atoms with E-state index in [9.17, 15) is 9.59 Å². The van der Waals surface area contributed by atoms with E-state index in [-0.39, 0.29) is 17.1 Å². The molecule has 0 aliphatic carbocycles. The number of fused-ring (bicyclic) bond motifs is 2. The van der Waals surface area contributed by atoms with Gasteiger partial charge in [-0.25, -0.2) is 0 Å². The highest BCUT2D eigenvalue weighted by Crippen LogP contribution is 2.38. The lowest BCUT2D eigenvalue weighted by Crippen LogP contribution is -2.32. The lowest BCUT2D eigenvalue weighted by Gasteiger charge is -2.25. The van der Waals surface area contributed by atoms with E-state index in [1.54, 1.807) is 24.1 Å². The van der Waals surface area contributed by atoms with Crippen molar-refractivity contribution in [2.75, 3.05) is 26.9 Å². The van der Waals surface area contributed by atoms with Gasteiger partial charge in [0.25, 0.3) is 5.91 Å². The third-order valence-electron chi connectivity index (χ3n) is 5.14. The van der Waals surface area contributed by atoms with Gasteiger partial charge >= 0.3 is 0 Å². The minimum absolute atomic E-state index is 0.106. The second-order valence-electron chi connectivity index (χ2n) is 7.07. The number of carbonyl (C=O) groups excluding carboxylic acids is 1. The zero-order chi connectivity index (χ0) is 20.5. The number of rotatable bonds is 6. The normalized spacial score (nSPS) is 15.8. The number of hydrogen-bond acceptors (Lipinski definition) is 5. The van der Waals surface area contributed by atoms with Gasteiger partial charge in [0.15, 0.2) is 5.43 Å². The van der Waals surface area contributed by atoms with Gasteiger partial charge in [-0.1, -0.05) is 23.8 Å². The summed E-state index contributed by atoms with van der Waals surface area (Å²) in [6.07, 6.45) is 0. The van der Waals surface area contributed by atoms with Gasteiger partial charge in [-0.3, -0.25) is 9.59 Å². The van der Waals surface area contributed by atoms with E-state index in [1.807, 2.05) is 44.2 Å². The van der Waals surface area contributed by atoms with Crippen LogP contribution in [0.25, 0.3) is 11.0 Å². The molecule has 1 amide bonds. The minimum atomic E-state index is -0.547. The molecule has 6 nitrogen and oxygen atoms in total. The van der Waals surface area contributed by atoms with Crippen LogP contribution < -0.4 is 10.2 Å². The molecule has 1 aliphatic heterocycles. The SMILES string of the molecule is CCOc1cccc(C2c3c(oc4ccc(C)cc4c3=O)C(=O)N2CCOC)c1. The third kappa shape index (κ3) is 3.29. The average molecular weight is 393 g/mol. The quantitative estimate of drug-likeness (QED) is 0.639. The summed E-state index contributed by atoms with van der Waals surface area (Å²) in [5.41, 5.74) is 2.38. The molecular weight excluding hydrogens is 370 g/mol. The molecule has 0 fully saturated rings. The smallest absolute Gasteiger partial charge is 0.290 e. The molecule has 150 valence electrons. The predicted octanol–water partition coefficient (Wildman–Crippen LogP) is 3.69. The monoisotopic (exact) mass is 393 g/mol. The highest BCUT2D eigenvalue weighted by atomic mass is 16.5. The van der Waals surface area contributed by atoms with Crippen LogP contribution in [0.1, 0.15) is 40.2 Å². The third-order valence-corrected chi connectivity index (χ3v) is 5.14. The molecule has 1 unspecified atom stereocenters. The number of aryl methyl sites for hydroxylation is 1. The Morgan fingerprint density at radius 1 is 1.14 bits per heavy atom. The molecule has 29 heavy (non-hydrogen) atoms. The van der Waals surface area contributed by atoms with Gasteiger partial charge in [0, 0.05) is 13.7 Å². The standard InChI is InChI=1S/C23H23NO5/c1-4-28-16-7-5-6-15(13-16)20-19-21(25)17-12-14(2)8-9-18(17)29-22(19)23(26)24(20)10-11-27-3/h5-9,12-13,20H,4,10-11H2,1-3H3. The first-order valence-electron chi connectivity index (χ1n) is 9.65. The minimum Gasteiger partial charge on any atom is -0.494 e. The van der Waals surface area contributed by atoms with Crippen molar-refractivity contribution >= 4 is 16.9 Å². The van der Waals surface area contributed by atoms with Crippen molar-refractivity contribution in [2.45, 2.75) is 19.9 Å². The van der Waals surface area contributed by atoms with E-state index < -0.39 is 6.04 Å². The first-order valence-corrected chi connectivity index (χ1v) is 9.65. The largest absolute Gasteiger partial charge is 0.494 e. The molecule has 0 saturated carbocycles. The summed E-state index contributed by atoms with van der Waals surface area (Å²) in [7, 11) is 1.58. The van der Waals surface area contributed by atoms with E-state index in [0.29, 0.717) is 42.0 Å². The van der Waals surface area contributed by atoms with E-state index in [1.165, 1.54) is 0 Å². The number of methoxy groups -OCH3 is 1. The second-order valence-corrected chi connectivity index (χ2v) is 7.07. The van der Waals surface area contributed by atoms with Crippen LogP contribution in [0.2, 0.25) is 0 Å². The second kappa shape index (κ2) is 7.72. The van der Waals surface area contributed by atoms with E-state index >= 15 is 0 Å². The summed E-state index contributed by atoms with van der Waals surface area (Å²) in [4.78, 5) is 28.2. The van der Waals surface area contributed by atoms with Crippen LogP contribution in [0.4, 0.5) is 0 Å². The van der Waals surface area contributed by atoms with Crippen molar-refractivity contribution in [1.82, 2.24) is 4.90 Å². The summed E-state index contributed by atoms with van der Waals surface area (Å²) in [6.45, 7) is 5.06. The molecule has 0 N–H and O–H groups in total. The molecule has 0 radical (unpaired) electrons. The zero-order valence-corrected chi connectivity index (χ0v) is 16.7. The number of hydrogen-bond donors (Lipinski definition) is 0. The van der Waals surface area contributed by atoms with Crippen LogP contribution >= 0.6 is 0 Å². The van der Waals surface area contributed by atoms with Crippen molar-refractivity contribution in [3.63, 3.8) is 0 Å². The Kier molecular flexibility index (Phi) is 5.11. The number of amides is 1. The Morgan fingerprint density at radius 2 is 1.97 bits per heavy atom. The maximum absolute atomic E-state index is 13.4. The highest BCUT2D eigenvalue weighted by molar-refractivity contribution is 5.99. The molecule has 1 atom stereocenters. The van der Waals surface area contributed by atoms with Gasteiger partial charge in [-0.2, -0.15) is 0 Å². The predicted molar refractivity (Wildman–Crippen MR) is 110 cm³/mol. The Hall–Kier alpha value is -3.12. The number of nitrogens with zero attached hydrogens (tertiary/aromatic N) is 1. The van der Waals surface area contributed by atoms with E-state index in [0.717, 1.165) is 11.1 Å². The molecular formula is C23H23NO5. The van der Waals surface area contributed by atoms with Crippen LogP contribution in [0, 0.1) is 6.92 Å². The maximum Gasteiger partial charge on any atom is 0.290 e. The van der Waals surface area contributed by atoms with Crippen molar-refractivity contribution < 1.29 is 18.7 Å². The van der Waals surface area contributed by atoms with Crippen molar-refractivity contribution in [3.05, 3.63) is 75.1 Å². The molecule has 6 heteroatoms. The number of benzene rings is 2. The first-order chi connectivity index (χ1) is 14.0. The van der Waals surface area contributed by atoms with Gasteiger partial charge in [-0.05, 0) is 43.7 Å². The summed E-state index contributed by atoms with van der Waals surface area (Å²) in [5, 5.41) is 0.483. The topological polar surface area (TPSA) is 69.0 Å². The number of ether oxygens (including phenoxy) is 2. The molecule has 0 bridgehead atoms. The summed E-state index contributed by atoms with van der Waals surface area (Å²) >= 11 is 0. The van der Waals surface area contributed by atoms with Crippen molar-refractivity contribution in [3.8, 4) is 5.75 Å². The van der Waals surface area contributed by atoms with Gasteiger partial charge in [0.05, 0.1) is 30.2 Å². The molecule has 4 rings (SSSR count). The lowest BCUT2D eigenvalue weighted by molar-refractivity contribution is 0.0663. The van der Waals surface area contributed by atoms with Crippen LogP contribution in [0.15, 0.2) is 51.7 Å². The Morgan fingerprint density at radius 3 is 2.72 bits per heavy atom. The van der Waals surface area contributed by atoms with Crippen molar-refractivity contribution in [2.24, 2.45) is 0 Å². The van der Waals surface area contributed by atoms with Gasteiger partial charge < -0.3 is 18.8 Å². The molecule has 1 aliphatic rings. The lowest BCUT2D eigenvalue weighted by atomic mass is 9.98. The molecule has 3 aromatic rings. The Balaban J connectivity index is 1.94. The highest BCUT2D eigenvalue weighted by Gasteiger charge is 2.42. The fraction of sp³-hybridized carbons (Fsp3) is 0.304. The molecule has 0 spiro atoms. The van der Waals surface area contributed by atoms with Gasteiger partial charge in [-0.15, -0.1) is 0 Å². The van der Waals surface area contributed by atoms with Crippen LogP contribution in [0.5, 0.6) is 5.75 Å². The van der Waals surface area contributed by atoms with Crippen molar-refractivity contribution in [1.29, 1.82) is 0 Å². The summed E-state index contributed by atoms with van der Waals surface area (Å²) < 4.78 is 16.7. The van der Waals surface area contributed by atoms with Gasteiger partial charge in [0.2, 0.25) is 5.76 Å².